The molecule has 0 N–H and O–H groups in total. The van der Waals surface area contributed by atoms with Crippen molar-refractivity contribution in [3.05, 3.63) is 186 Å². The van der Waals surface area contributed by atoms with Crippen LogP contribution in [0.3, 0.4) is 0 Å². The number of rotatable bonds is 3. The Hall–Kier alpha value is -7.13. The van der Waals surface area contributed by atoms with E-state index < -0.39 is 0 Å². The summed E-state index contributed by atoms with van der Waals surface area (Å²) >= 11 is 0. The summed E-state index contributed by atoms with van der Waals surface area (Å²) in [7, 11) is 0. The van der Waals surface area contributed by atoms with Gasteiger partial charge in [-0.1, -0.05) is 53.7 Å². The van der Waals surface area contributed by atoms with Gasteiger partial charge >= 0.3 is 0 Å². The van der Waals surface area contributed by atoms with E-state index >= 15 is 0 Å². The molecule has 0 unspecified atom stereocenters. The van der Waals surface area contributed by atoms with Gasteiger partial charge in [0.1, 0.15) is 0 Å². The van der Waals surface area contributed by atoms with Crippen molar-refractivity contribution in [1.82, 2.24) is 24.9 Å². The van der Waals surface area contributed by atoms with Crippen LogP contribution in [0, 0.1) is 35.5 Å². The summed E-state index contributed by atoms with van der Waals surface area (Å²) in [5.74, 6) is 19.5. The molecular formula is C43H25N5. The highest BCUT2D eigenvalue weighted by Gasteiger charge is 2.08. The fourth-order valence-electron chi connectivity index (χ4n) is 4.76. The van der Waals surface area contributed by atoms with Gasteiger partial charge in [0.05, 0.1) is 34.2 Å². The topological polar surface area (TPSA) is 64.5 Å². The lowest BCUT2D eigenvalue weighted by atomic mass is 10.1. The van der Waals surface area contributed by atoms with E-state index in [0.29, 0.717) is 0 Å². The highest BCUT2D eigenvalue weighted by atomic mass is 14.8. The molecule has 222 valence electrons. The maximum atomic E-state index is 4.81. The van der Waals surface area contributed by atoms with Crippen molar-refractivity contribution in [2.24, 2.45) is 0 Å². The molecule has 0 amide bonds. The first-order valence-electron chi connectivity index (χ1n) is 15.2. The van der Waals surface area contributed by atoms with E-state index in [1.54, 1.807) is 24.8 Å². The molecule has 0 atom stereocenters. The number of hydrogen-bond acceptors (Lipinski definition) is 5. The Morgan fingerprint density at radius 2 is 0.625 bits per heavy atom. The smallest absolute Gasteiger partial charge is 0.0906 e. The van der Waals surface area contributed by atoms with E-state index in [9.17, 15) is 0 Å². The van der Waals surface area contributed by atoms with E-state index in [-0.39, 0.29) is 0 Å². The molecule has 0 aliphatic heterocycles. The number of aromatic nitrogens is 5. The molecule has 0 bridgehead atoms. The fourth-order valence-corrected chi connectivity index (χ4v) is 4.76. The van der Waals surface area contributed by atoms with Crippen LogP contribution in [0.4, 0.5) is 0 Å². The highest BCUT2D eigenvalue weighted by molar-refractivity contribution is 5.66. The van der Waals surface area contributed by atoms with Crippen LogP contribution in [0.25, 0.3) is 34.2 Å². The average Bonchev–Trinajstić information content (AvgIpc) is 3.17. The molecule has 5 aromatic heterocycles. The predicted octanol–water partition coefficient (Wildman–Crippen LogP) is 7.86. The zero-order valence-electron chi connectivity index (χ0n) is 25.7. The van der Waals surface area contributed by atoms with Gasteiger partial charge in [-0.2, -0.15) is 0 Å². The molecule has 5 heterocycles. The summed E-state index contributed by atoms with van der Waals surface area (Å²) in [6.07, 6.45) is 7.03. The monoisotopic (exact) mass is 611 g/mol. The summed E-state index contributed by atoms with van der Waals surface area (Å²) < 4.78 is 0. The third-order valence-electron chi connectivity index (χ3n) is 7.19. The quantitative estimate of drug-likeness (QED) is 0.190. The van der Waals surface area contributed by atoms with Crippen LogP contribution >= 0.6 is 0 Å². The maximum absolute atomic E-state index is 4.81. The number of pyridine rings is 5. The van der Waals surface area contributed by atoms with Gasteiger partial charge in [0, 0.05) is 58.2 Å². The third-order valence-corrected chi connectivity index (χ3v) is 7.19. The number of hydrogen-bond donors (Lipinski definition) is 0. The molecule has 0 fully saturated rings. The zero-order chi connectivity index (χ0) is 32.4. The van der Waals surface area contributed by atoms with Gasteiger partial charge in [-0.3, -0.25) is 19.9 Å². The van der Waals surface area contributed by atoms with E-state index in [2.05, 4.69) is 55.5 Å². The van der Waals surface area contributed by atoms with Crippen LogP contribution in [0.1, 0.15) is 33.4 Å². The lowest BCUT2D eigenvalue weighted by Gasteiger charge is -2.05. The fraction of sp³-hybridized carbons (Fsp3) is 0. The molecule has 0 saturated heterocycles. The first-order chi connectivity index (χ1) is 23.7. The molecule has 5 nitrogen and oxygen atoms in total. The molecule has 0 radical (unpaired) electrons. The standard InChI is InChI=1S/C43H25N5/c1-4-25-44-38(7-1)41-29-36(24-28-47-41)22-20-34-16-12-32(13-17-34)10-11-33-14-18-35(19-15-33)21-23-37-30-42(39-8-2-5-26-45-39)48-43(31-37)40-9-3-6-27-46-40/h1-9,12-19,24-31H. The molecular weight excluding hydrogens is 587 g/mol. The highest BCUT2D eigenvalue weighted by Crippen LogP contribution is 2.22. The largest absolute Gasteiger partial charge is 0.255 e. The van der Waals surface area contributed by atoms with Crippen LogP contribution in [0.15, 0.2) is 152 Å². The van der Waals surface area contributed by atoms with Crippen LogP contribution in [-0.2, 0) is 0 Å². The molecule has 0 aliphatic rings. The maximum Gasteiger partial charge on any atom is 0.0906 e. The minimum absolute atomic E-state index is 0.748. The van der Waals surface area contributed by atoms with Crippen molar-refractivity contribution in [2.45, 2.75) is 0 Å². The van der Waals surface area contributed by atoms with Crippen molar-refractivity contribution in [3.63, 3.8) is 0 Å². The van der Waals surface area contributed by atoms with Crippen molar-refractivity contribution >= 4 is 0 Å². The molecule has 0 aliphatic carbocycles. The van der Waals surface area contributed by atoms with Crippen LogP contribution in [0.2, 0.25) is 0 Å². The first kappa shape index (κ1) is 29.6. The summed E-state index contributed by atoms with van der Waals surface area (Å²) in [4.78, 5) is 22.5. The summed E-state index contributed by atoms with van der Waals surface area (Å²) in [6, 6.07) is 40.9. The van der Waals surface area contributed by atoms with Crippen LogP contribution in [0.5, 0.6) is 0 Å². The van der Waals surface area contributed by atoms with E-state index in [0.717, 1.165) is 67.5 Å². The summed E-state index contributed by atoms with van der Waals surface area (Å²) in [5, 5.41) is 0. The Labute approximate surface area is 279 Å². The van der Waals surface area contributed by atoms with E-state index in [1.165, 1.54) is 0 Å². The molecule has 0 saturated carbocycles. The Morgan fingerprint density at radius 1 is 0.271 bits per heavy atom. The molecule has 7 rings (SSSR count). The van der Waals surface area contributed by atoms with Crippen molar-refractivity contribution < 1.29 is 0 Å². The summed E-state index contributed by atoms with van der Waals surface area (Å²) in [6.45, 7) is 0. The second-order valence-corrected chi connectivity index (χ2v) is 10.6. The van der Waals surface area contributed by atoms with Crippen molar-refractivity contribution in [1.29, 1.82) is 0 Å². The lowest BCUT2D eigenvalue weighted by Crippen LogP contribution is -1.93. The Morgan fingerprint density at radius 3 is 1.04 bits per heavy atom. The van der Waals surface area contributed by atoms with Gasteiger partial charge in [-0.05, 0) is 109 Å². The Bertz CT molecular complexity index is 2310. The number of benzene rings is 2. The van der Waals surface area contributed by atoms with E-state index in [1.807, 2.05) is 127 Å². The average molecular weight is 612 g/mol. The summed E-state index contributed by atoms with van der Waals surface area (Å²) in [5.41, 5.74) is 10.0. The van der Waals surface area contributed by atoms with Gasteiger partial charge in [0.25, 0.3) is 0 Å². The van der Waals surface area contributed by atoms with Gasteiger partial charge in [-0.25, -0.2) is 4.98 Å². The molecule has 7 aromatic rings. The van der Waals surface area contributed by atoms with Crippen molar-refractivity contribution in [2.75, 3.05) is 0 Å². The van der Waals surface area contributed by atoms with Gasteiger partial charge in [-0.15, -0.1) is 0 Å². The normalized spacial score (nSPS) is 10.0. The zero-order valence-corrected chi connectivity index (χ0v) is 25.7. The molecule has 48 heavy (non-hydrogen) atoms. The Balaban J connectivity index is 1.04. The SMILES string of the molecule is C(#Cc1ccc(C#Cc2cc(-c3ccccn3)nc(-c3ccccn3)c2)cc1)c1ccc(C#Cc2ccnc(-c3ccccn3)c2)cc1. The Kier molecular flexibility index (Phi) is 8.82. The molecule has 2 aromatic carbocycles. The third kappa shape index (κ3) is 7.56. The number of nitrogens with zero attached hydrogens (tertiary/aromatic N) is 5. The van der Waals surface area contributed by atoms with Crippen molar-refractivity contribution in [3.8, 4) is 69.7 Å². The molecule has 5 heteroatoms. The second-order valence-electron chi connectivity index (χ2n) is 10.6. The second kappa shape index (κ2) is 14.3. The first-order valence-corrected chi connectivity index (χ1v) is 15.2. The van der Waals surface area contributed by atoms with Crippen LogP contribution in [-0.4, -0.2) is 24.9 Å². The van der Waals surface area contributed by atoms with Gasteiger partial charge in [0.15, 0.2) is 0 Å². The minimum Gasteiger partial charge on any atom is -0.255 e. The molecule has 0 spiro atoms. The van der Waals surface area contributed by atoms with Crippen LogP contribution < -0.4 is 0 Å². The van der Waals surface area contributed by atoms with Gasteiger partial charge in [0.2, 0.25) is 0 Å². The van der Waals surface area contributed by atoms with E-state index in [4.69, 9.17) is 4.98 Å². The van der Waals surface area contributed by atoms with Gasteiger partial charge < -0.3 is 0 Å². The predicted molar refractivity (Wildman–Crippen MR) is 189 cm³/mol. The minimum atomic E-state index is 0.748. The lowest BCUT2D eigenvalue weighted by molar-refractivity contribution is 1.21.